The zero-order valence-corrected chi connectivity index (χ0v) is 12.2. The largest absolute Gasteiger partial charge is 0.508 e. The van der Waals surface area contributed by atoms with E-state index in [1.54, 1.807) is 12.1 Å². The molecule has 0 bridgehead atoms. The first kappa shape index (κ1) is 14.4. The summed E-state index contributed by atoms with van der Waals surface area (Å²) in [6.45, 7) is 5.13. The Hall–Kier alpha value is -1.59. The lowest BCUT2D eigenvalue weighted by Crippen LogP contribution is -2.45. The number of aromatic hydroxyl groups is 1. The van der Waals surface area contributed by atoms with Crippen molar-refractivity contribution in [3.05, 3.63) is 29.8 Å². The lowest BCUT2D eigenvalue weighted by atomic mass is 10.1. The topological polar surface area (TPSA) is 53.0 Å². The number of phenols is 1. The summed E-state index contributed by atoms with van der Waals surface area (Å²) in [4.78, 5) is 16.7. The molecule has 1 amide bonds. The minimum absolute atomic E-state index is 0.104. The van der Waals surface area contributed by atoms with Crippen molar-refractivity contribution in [3.8, 4) is 5.75 Å². The summed E-state index contributed by atoms with van der Waals surface area (Å²) < 4.78 is 5.38. The van der Waals surface area contributed by atoms with E-state index in [1.807, 2.05) is 17.0 Å². The first-order valence-corrected chi connectivity index (χ1v) is 7.60. The molecule has 3 rings (SSSR count). The maximum absolute atomic E-state index is 12.4. The van der Waals surface area contributed by atoms with Gasteiger partial charge in [0.1, 0.15) is 5.75 Å². The fourth-order valence-corrected chi connectivity index (χ4v) is 3.14. The molecule has 0 spiro atoms. The number of hydrogen-bond acceptors (Lipinski definition) is 4. The molecule has 114 valence electrons. The first-order chi connectivity index (χ1) is 10.2. The Kier molecular flexibility index (Phi) is 4.41. The molecule has 1 N–H and O–H groups in total. The van der Waals surface area contributed by atoms with Gasteiger partial charge in [0, 0.05) is 37.8 Å². The van der Waals surface area contributed by atoms with Crippen molar-refractivity contribution >= 4 is 5.91 Å². The Labute approximate surface area is 125 Å². The highest BCUT2D eigenvalue weighted by Crippen LogP contribution is 2.21. The maximum atomic E-state index is 12.4. The summed E-state index contributed by atoms with van der Waals surface area (Å²) in [5.74, 6) is 0.307. The zero-order chi connectivity index (χ0) is 14.7. The van der Waals surface area contributed by atoms with Crippen LogP contribution in [-0.4, -0.2) is 66.2 Å². The number of likely N-dealkylation sites (tertiary alicyclic amines) is 1. The quantitative estimate of drug-likeness (QED) is 0.897. The Morgan fingerprint density at radius 3 is 2.76 bits per heavy atom. The van der Waals surface area contributed by atoms with Crippen LogP contribution in [0.5, 0.6) is 5.75 Å². The molecule has 2 heterocycles. The fourth-order valence-electron chi connectivity index (χ4n) is 3.14. The molecule has 1 aromatic rings. The van der Waals surface area contributed by atoms with Gasteiger partial charge >= 0.3 is 0 Å². The second-order valence-electron chi connectivity index (χ2n) is 5.74. The van der Waals surface area contributed by atoms with Crippen LogP contribution < -0.4 is 0 Å². The number of morpholine rings is 1. The number of para-hydroxylation sites is 1. The number of carbonyl (C=O) groups is 1. The van der Waals surface area contributed by atoms with Gasteiger partial charge in [-0.25, -0.2) is 0 Å². The van der Waals surface area contributed by atoms with E-state index in [0.29, 0.717) is 11.6 Å². The smallest absolute Gasteiger partial charge is 0.227 e. The van der Waals surface area contributed by atoms with Gasteiger partial charge in [0.25, 0.3) is 0 Å². The van der Waals surface area contributed by atoms with Crippen LogP contribution >= 0.6 is 0 Å². The third-order valence-electron chi connectivity index (χ3n) is 4.41. The molecule has 2 fully saturated rings. The van der Waals surface area contributed by atoms with Crippen molar-refractivity contribution < 1.29 is 14.6 Å². The zero-order valence-electron chi connectivity index (χ0n) is 12.2. The van der Waals surface area contributed by atoms with Crippen LogP contribution in [0.3, 0.4) is 0 Å². The molecule has 1 atom stereocenters. The SMILES string of the molecule is O=C(Cc1ccccc1O)N1CCC(N2CCOCC2)C1. The van der Waals surface area contributed by atoms with E-state index >= 15 is 0 Å². The second kappa shape index (κ2) is 6.45. The number of nitrogens with zero attached hydrogens (tertiary/aromatic N) is 2. The summed E-state index contributed by atoms with van der Waals surface area (Å²) >= 11 is 0. The van der Waals surface area contributed by atoms with E-state index in [4.69, 9.17) is 4.74 Å². The molecule has 1 unspecified atom stereocenters. The Morgan fingerprint density at radius 1 is 1.24 bits per heavy atom. The molecule has 0 radical (unpaired) electrons. The number of ether oxygens (including phenoxy) is 1. The van der Waals surface area contributed by atoms with Crippen LogP contribution in [0.4, 0.5) is 0 Å². The monoisotopic (exact) mass is 290 g/mol. The average Bonchev–Trinajstić information content (AvgIpc) is 3.00. The molecular weight excluding hydrogens is 268 g/mol. The van der Waals surface area contributed by atoms with Crippen LogP contribution in [0.2, 0.25) is 0 Å². The molecule has 0 saturated carbocycles. The van der Waals surface area contributed by atoms with E-state index < -0.39 is 0 Å². The number of hydrogen-bond donors (Lipinski definition) is 1. The van der Waals surface area contributed by atoms with E-state index in [-0.39, 0.29) is 18.1 Å². The van der Waals surface area contributed by atoms with Crippen molar-refractivity contribution in [3.63, 3.8) is 0 Å². The highest BCUT2D eigenvalue weighted by atomic mass is 16.5. The van der Waals surface area contributed by atoms with E-state index in [0.717, 1.165) is 45.8 Å². The molecule has 2 saturated heterocycles. The van der Waals surface area contributed by atoms with Gasteiger partial charge in [0.15, 0.2) is 0 Å². The first-order valence-electron chi connectivity index (χ1n) is 7.60. The van der Waals surface area contributed by atoms with Crippen LogP contribution in [-0.2, 0) is 16.0 Å². The van der Waals surface area contributed by atoms with Crippen molar-refractivity contribution in [1.82, 2.24) is 9.80 Å². The van der Waals surface area contributed by atoms with Gasteiger partial charge in [-0.15, -0.1) is 0 Å². The molecular formula is C16H22N2O3. The van der Waals surface area contributed by atoms with E-state index in [9.17, 15) is 9.90 Å². The van der Waals surface area contributed by atoms with Crippen LogP contribution in [0.25, 0.3) is 0 Å². The molecule has 21 heavy (non-hydrogen) atoms. The highest BCUT2D eigenvalue weighted by molar-refractivity contribution is 5.79. The Balaban J connectivity index is 1.55. The third-order valence-corrected chi connectivity index (χ3v) is 4.41. The predicted molar refractivity (Wildman–Crippen MR) is 79.2 cm³/mol. The fraction of sp³-hybridized carbons (Fsp3) is 0.562. The van der Waals surface area contributed by atoms with Crippen molar-refractivity contribution in [1.29, 1.82) is 0 Å². The summed E-state index contributed by atoms with van der Waals surface area (Å²) in [6, 6.07) is 7.52. The number of carbonyl (C=O) groups excluding carboxylic acids is 1. The number of phenolic OH excluding ortho intramolecular Hbond substituents is 1. The van der Waals surface area contributed by atoms with E-state index in [2.05, 4.69) is 4.90 Å². The molecule has 5 nitrogen and oxygen atoms in total. The summed E-state index contributed by atoms with van der Waals surface area (Å²) in [7, 11) is 0. The van der Waals surface area contributed by atoms with Gasteiger partial charge in [-0.05, 0) is 12.5 Å². The molecule has 0 aromatic heterocycles. The molecule has 2 aliphatic heterocycles. The predicted octanol–water partition coefficient (Wildman–Crippen LogP) is 0.868. The summed E-state index contributed by atoms with van der Waals surface area (Å²) in [5.41, 5.74) is 0.706. The third kappa shape index (κ3) is 3.36. The van der Waals surface area contributed by atoms with Gasteiger partial charge in [0.2, 0.25) is 5.91 Å². The van der Waals surface area contributed by atoms with Gasteiger partial charge in [-0.3, -0.25) is 9.69 Å². The summed E-state index contributed by atoms with van der Waals surface area (Å²) in [5, 5.41) is 9.77. The standard InChI is InChI=1S/C16H22N2O3/c19-15-4-2-1-3-13(15)11-16(20)18-6-5-14(12-18)17-7-9-21-10-8-17/h1-4,14,19H,5-12H2. The molecule has 0 aliphatic carbocycles. The normalized spacial score (nSPS) is 23.4. The lowest BCUT2D eigenvalue weighted by molar-refractivity contribution is -0.129. The lowest BCUT2D eigenvalue weighted by Gasteiger charge is -2.32. The minimum atomic E-state index is 0.104. The average molecular weight is 290 g/mol. The van der Waals surface area contributed by atoms with Gasteiger partial charge in [0.05, 0.1) is 19.6 Å². The van der Waals surface area contributed by atoms with Crippen LogP contribution in [0.15, 0.2) is 24.3 Å². The molecule has 2 aliphatic rings. The van der Waals surface area contributed by atoms with Gasteiger partial charge in [-0.1, -0.05) is 18.2 Å². The second-order valence-corrected chi connectivity index (χ2v) is 5.74. The van der Waals surface area contributed by atoms with Crippen molar-refractivity contribution in [2.75, 3.05) is 39.4 Å². The Bertz CT molecular complexity index is 500. The molecule has 5 heteroatoms. The van der Waals surface area contributed by atoms with E-state index in [1.165, 1.54) is 0 Å². The summed E-state index contributed by atoms with van der Waals surface area (Å²) in [6.07, 6.45) is 1.31. The molecule has 1 aromatic carbocycles. The minimum Gasteiger partial charge on any atom is -0.508 e. The highest BCUT2D eigenvalue weighted by Gasteiger charge is 2.31. The van der Waals surface area contributed by atoms with Gasteiger partial charge < -0.3 is 14.7 Å². The van der Waals surface area contributed by atoms with Crippen LogP contribution in [0, 0.1) is 0 Å². The van der Waals surface area contributed by atoms with Crippen LogP contribution in [0.1, 0.15) is 12.0 Å². The van der Waals surface area contributed by atoms with Crippen molar-refractivity contribution in [2.24, 2.45) is 0 Å². The van der Waals surface area contributed by atoms with Gasteiger partial charge in [-0.2, -0.15) is 0 Å². The number of rotatable bonds is 3. The van der Waals surface area contributed by atoms with Crippen molar-refractivity contribution in [2.45, 2.75) is 18.9 Å². The number of benzene rings is 1. The number of amides is 1. The maximum Gasteiger partial charge on any atom is 0.227 e. The Morgan fingerprint density at radius 2 is 2.00 bits per heavy atom.